The van der Waals surface area contributed by atoms with Crippen LogP contribution < -0.4 is 0 Å². The molecule has 0 amide bonds. The van der Waals surface area contributed by atoms with Gasteiger partial charge in [-0.05, 0) is 63.7 Å². The number of aromatic nitrogens is 1. The molecule has 7 aromatic carbocycles. The Labute approximate surface area is 320 Å². The molecule has 2 atom stereocenters. The van der Waals surface area contributed by atoms with E-state index in [1.54, 1.807) is 0 Å². The van der Waals surface area contributed by atoms with Crippen LogP contribution in [0.5, 0.6) is 0 Å². The van der Waals surface area contributed by atoms with Gasteiger partial charge in [-0.3, -0.25) is 4.99 Å². The molecule has 9 aromatic rings. The number of rotatable bonds is 7. The molecule has 0 saturated heterocycles. The Morgan fingerprint density at radius 3 is 1.93 bits per heavy atom. The van der Waals surface area contributed by atoms with E-state index in [2.05, 4.69) is 165 Å². The number of fused-ring (bicyclic) bond motifs is 3. The minimum Gasteiger partial charge on any atom is -0.454 e. The van der Waals surface area contributed by atoms with Gasteiger partial charge in [-0.1, -0.05) is 165 Å². The van der Waals surface area contributed by atoms with Crippen molar-refractivity contribution >= 4 is 44.2 Å². The molecule has 0 saturated carbocycles. The van der Waals surface area contributed by atoms with Crippen LogP contribution in [0.1, 0.15) is 36.1 Å². The van der Waals surface area contributed by atoms with Crippen molar-refractivity contribution in [1.82, 2.24) is 4.98 Å². The second-order valence-electron chi connectivity index (χ2n) is 14.2. The zero-order valence-corrected chi connectivity index (χ0v) is 30.4. The molecule has 55 heavy (non-hydrogen) atoms. The van der Waals surface area contributed by atoms with Gasteiger partial charge in [0.2, 0.25) is 0 Å². The molecule has 0 radical (unpaired) electrons. The predicted octanol–water partition coefficient (Wildman–Crippen LogP) is 13.2. The summed E-state index contributed by atoms with van der Waals surface area (Å²) in [5.41, 5.74) is 11.6. The number of para-hydroxylation sites is 1. The maximum absolute atomic E-state index is 6.49. The Kier molecular flexibility index (Phi) is 8.22. The molecule has 0 bridgehead atoms. The van der Waals surface area contributed by atoms with Gasteiger partial charge in [-0.2, -0.15) is 0 Å². The van der Waals surface area contributed by atoms with Crippen molar-refractivity contribution in [2.45, 2.75) is 19.4 Å². The highest BCUT2D eigenvalue weighted by atomic mass is 16.3. The summed E-state index contributed by atoms with van der Waals surface area (Å²) in [7, 11) is 0. The first-order valence-electron chi connectivity index (χ1n) is 19.0. The Bertz CT molecular complexity index is 2910. The average molecular weight is 708 g/mol. The van der Waals surface area contributed by atoms with Gasteiger partial charge in [0.25, 0.3) is 0 Å². The van der Waals surface area contributed by atoms with E-state index < -0.39 is 0 Å². The summed E-state index contributed by atoms with van der Waals surface area (Å²) in [6, 6.07) is 63.7. The lowest BCUT2D eigenvalue weighted by Gasteiger charge is -2.30. The molecule has 10 rings (SSSR count). The second kappa shape index (κ2) is 13.8. The van der Waals surface area contributed by atoms with Crippen LogP contribution in [-0.2, 0) is 0 Å². The van der Waals surface area contributed by atoms with E-state index in [0.29, 0.717) is 0 Å². The minimum atomic E-state index is -0.0337. The van der Waals surface area contributed by atoms with Gasteiger partial charge >= 0.3 is 0 Å². The van der Waals surface area contributed by atoms with Crippen molar-refractivity contribution in [3.8, 4) is 33.7 Å². The highest BCUT2D eigenvalue weighted by Gasteiger charge is 2.32. The fourth-order valence-corrected chi connectivity index (χ4v) is 8.27. The van der Waals surface area contributed by atoms with Crippen molar-refractivity contribution < 1.29 is 4.42 Å². The maximum Gasteiger partial charge on any atom is 0.161 e. The highest BCUT2D eigenvalue weighted by molar-refractivity contribution is 6.20. The fraction of sp³-hybridized carbons (Fsp3) is 0.0784. The summed E-state index contributed by atoms with van der Waals surface area (Å²) in [4.78, 5) is 15.8. The first-order chi connectivity index (χ1) is 27.2. The zero-order valence-electron chi connectivity index (χ0n) is 30.4. The molecular formula is C51H37N3O. The van der Waals surface area contributed by atoms with E-state index >= 15 is 0 Å². The number of benzene rings is 7. The van der Waals surface area contributed by atoms with Crippen molar-refractivity contribution in [3.63, 3.8) is 0 Å². The summed E-state index contributed by atoms with van der Waals surface area (Å²) in [6.07, 6.45) is 0.917. The van der Waals surface area contributed by atoms with Crippen LogP contribution in [0, 0.1) is 5.92 Å². The minimum absolute atomic E-state index is 0.0337. The van der Waals surface area contributed by atoms with Gasteiger partial charge in [-0.25, -0.2) is 9.98 Å². The van der Waals surface area contributed by atoms with Gasteiger partial charge < -0.3 is 4.42 Å². The lowest BCUT2D eigenvalue weighted by molar-refractivity contribution is 0.533. The molecule has 0 fully saturated rings. The van der Waals surface area contributed by atoms with Crippen LogP contribution in [0.3, 0.4) is 0 Å². The number of hydrogen-bond donors (Lipinski definition) is 0. The molecule has 2 unspecified atom stereocenters. The molecule has 262 valence electrons. The van der Waals surface area contributed by atoms with Crippen LogP contribution in [0.2, 0.25) is 0 Å². The molecular weight excluding hydrogens is 671 g/mol. The van der Waals surface area contributed by atoms with Gasteiger partial charge in [0.05, 0.1) is 17.3 Å². The third-order valence-electron chi connectivity index (χ3n) is 10.9. The number of aliphatic imine (C=N–C) groups is 2. The van der Waals surface area contributed by atoms with Gasteiger partial charge in [0, 0.05) is 33.4 Å². The van der Waals surface area contributed by atoms with E-state index in [0.717, 1.165) is 79.1 Å². The molecule has 0 spiro atoms. The summed E-state index contributed by atoms with van der Waals surface area (Å²) in [5.74, 6) is 1.69. The van der Waals surface area contributed by atoms with E-state index in [-0.39, 0.29) is 12.0 Å². The number of pyridine rings is 1. The number of amidine groups is 1. The summed E-state index contributed by atoms with van der Waals surface area (Å²) >= 11 is 0. The molecule has 4 heteroatoms. The monoisotopic (exact) mass is 707 g/mol. The maximum atomic E-state index is 6.49. The normalized spacial score (nSPS) is 15.7. The number of hydrogen-bond acceptors (Lipinski definition) is 4. The summed E-state index contributed by atoms with van der Waals surface area (Å²) in [5, 5.41) is 4.53. The molecule has 3 heterocycles. The van der Waals surface area contributed by atoms with Crippen LogP contribution in [-0.4, -0.2) is 16.5 Å². The smallest absolute Gasteiger partial charge is 0.161 e. The largest absolute Gasteiger partial charge is 0.454 e. The van der Waals surface area contributed by atoms with Crippen molar-refractivity contribution in [2.75, 3.05) is 0 Å². The molecule has 0 N–H and O–H groups in total. The third-order valence-corrected chi connectivity index (χ3v) is 10.9. The first kappa shape index (κ1) is 32.7. The predicted molar refractivity (Wildman–Crippen MR) is 228 cm³/mol. The summed E-state index contributed by atoms with van der Waals surface area (Å²) in [6.45, 7) is 2.25. The second-order valence-corrected chi connectivity index (χ2v) is 14.2. The van der Waals surface area contributed by atoms with E-state index in [1.165, 1.54) is 21.9 Å². The lowest BCUT2D eigenvalue weighted by atomic mass is 9.81. The summed E-state index contributed by atoms with van der Waals surface area (Å²) < 4.78 is 6.49. The third kappa shape index (κ3) is 5.84. The molecule has 1 aliphatic heterocycles. The molecule has 4 nitrogen and oxygen atoms in total. The zero-order chi connectivity index (χ0) is 36.7. The van der Waals surface area contributed by atoms with Crippen LogP contribution in [0.4, 0.5) is 0 Å². The van der Waals surface area contributed by atoms with E-state index in [9.17, 15) is 0 Å². The van der Waals surface area contributed by atoms with Crippen molar-refractivity contribution in [1.29, 1.82) is 0 Å². The molecule has 0 aliphatic carbocycles. The molecule has 1 aliphatic rings. The van der Waals surface area contributed by atoms with Crippen LogP contribution in [0.15, 0.2) is 196 Å². The number of nitrogens with zero attached hydrogens (tertiary/aromatic N) is 3. The SMILES string of the molecule is CCC1C(c2ccc(-c3ccc4nc(-c5oc6ccccc6c5-c5ccccc5)ccc4c3)c3ccccc23)=NC(c2ccccc2)=NC1c1ccccc1. The number of furan rings is 1. The van der Waals surface area contributed by atoms with E-state index in [1.807, 2.05) is 24.3 Å². The lowest BCUT2D eigenvalue weighted by Crippen LogP contribution is -2.28. The van der Waals surface area contributed by atoms with Crippen molar-refractivity contribution in [2.24, 2.45) is 15.9 Å². The molecule has 2 aromatic heterocycles. The first-order valence-corrected chi connectivity index (χ1v) is 19.0. The topological polar surface area (TPSA) is 50.8 Å². The van der Waals surface area contributed by atoms with E-state index in [4.69, 9.17) is 19.4 Å². The Morgan fingerprint density at radius 1 is 0.545 bits per heavy atom. The van der Waals surface area contributed by atoms with Gasteiger partial charge in [0.15, 0.2) is 11.6 Å². The van der Waals surface area contributed by atoms with Gasteiger partial charge in [-0.15, -0.1) is 0 Å². The fourth-order valence-electron chi connectivity index (χ4n) is 8.27. The van der Waals surface area contributed by atoms with Crippen molar-refractivity contribution in [3.05, 3.63) is 199 Å². The van der Waals surface area contributed by atoms with Crippen LogP contribution in [0.25, 0.3) is 66.4 Å². The average Bonchev–Trinajstić information content (AvgIpc) is 3.66. The standard InChI is InChI=1S/C51H37N3O/c1-2-38-48(34-18-8-4-9-19-34)53-51(35-20-10-5-11-21-35)54-49(38)42-29-28-39(40-22-12-13-23-41(40)42)36-26-30-44-37(32-36)27-31-45(52-44)50-47(33-16-6-3-7-17-33)43-24-14-15-25-46(43)55-50/h3-32,38,48H,2H2,1H3. The van der Waals surface area contributed by atoms with Gasteiger partial charge in [0.1, 0.15) is 11.3 Å². The highest BCUT2D eigenvalue weighted by Crippen LogP contribution is 2.42. The van der Waals surface area contributed by atoms with Crippen LogP contribution >= 0.6 is 0 Å². The Morgan fingerprint density at radius 2 is 1.18 bits per heavy atom. The Hall–Kier alpha value is -6.91. The Balaban J connectivity index is 1.07. The quantitative estimate of drug-likeness (QED) is 0.166.